The molecule has 14 atom stereocenters. The van der Waals surface area contributed by atoms with E-state index in [1.165, 1.54) is 16.7 Å². The Kier molecular flexibility index (Phi) is 52.7. The van der Waals surface area contributed by atoms with Crippen LogP contribution in [0.15, 0.2) is 153 Å². The van der Waals surface area contributed by atoms with Gasteiger partial charge < -0.3 is 34.3 Å². The Morgan fingerprint density at radius 3 is 0.450 bits per heavy atom. The van der Waals surface area contributed by atoms with E-state index in [0.29, 0.717) is 122 Å². The first-order valence-corrected chi connectivity index (χ1v) is 57.1. The molecule has 7 aromatic heterocycles. The minimum atomic E-state index is 0.170. The summed E-state index contributed by atoms with van der Waals surface area (Å²) in [6.45, 7) is 127. The Morgan fingerprint density at radius 2 is 0.322 bits per heavy atom. The fourth-order valence-electron chi connectivity index (χ4n) is 18.9. The second kappa shape index (κ2) is 58.8. The second-order valence-electron chi connectivity index (χ2n) is 58.3. The molecule has 7 fully saturated rings. The quantitative estimate of drug-likeness (QED) is 0.128. The lowest BCUT2D eigenvalue weighted by molar-refractivity contribution is 0.0880. The average Bonchev–Trinajstić information content (AvgIpc) is 0.794. The van der Waals surface area contributed by atoms with Crippen LogP contribution in [0.3, 0.4) is 0 Å². The van der Waals surface area contributed by atoms with Gasteiger partial charge in [0.05, 0.1) is 0 Å². The zero-order chi connectivity index (χ0) is 114. The zero-order valence-electron chi connectivity index (χ0n) is 106. The van der Waals surface area contributed by atoms with E-state index in [2.05, 4.69) is 549 Å². The molecule has 7 aliphatic heterocycles. The molecule has 14 rings (SSSR count). The number of hydrogen-bond acceptors (Lipinski definition) is 21. The Hall–Kier alpha value is -7.63. The minimum Gasteiger partial charge on any atom is -0.354 e. The molecule has 0 N–H and O–H groups in total. The summed E-state index contributed by atoms with van der Waals surface area (Å²) in [4.78, 5) is 66.1. The first-order chi connectivity index (χ1) is 68.1. The maximum Gasteiger partial charge on any atom is 0.128 e. The maximum absolute atomic E-state index is 4.65. The van der Waals surface area contributed by atoms with Crippen LogP contribution < -0.4 is 34.3 Å². The summed E-state index contributed by atoms with van der Waals surface area (Å²) in [6.07, 6.45) is 13.4. The van der Waals surface area contributed by atoms with Crippen LogP contribution in [0.25, 0.3) is 0 Å². The van der Waals surface area contributed by atoms with Crippen molar-refractivity contribution < 1.29 is 0 Å². The van der Waals surface area contributed by atoms with Crippen LogP contribution in [0.1, 0.15) is 349 Å². The van der Waals surface area contributed by atoms with Gasteiger partial charge in [0.2, 0.25) is 0 Å². The van der Waals surface area contributed by atoms with Gasteiger partial charge in [0.15, 0.2) is 0 Å². The molecule has 846 valence electrons. The van der Waals surface area contributed by atoms with Crippen molar-refractivity contribution >= 4 is 40.7 Å². The topological polar surface area (TPSA) is 136 Å². The number of anilines is 7. The standard InChI is InChI=1S/C20H35N3.4C16H27N3.2C12H19N3.4C5H12/c1-15-12-22(13-16(2)23(15)14-19(3,4)5)18-11-17(9-10-21-18)20(6,7)8;2*1-12-10-19(11-13(2)18(12)6)15-9-14(7-8-17-15)16(3,4)5;2*1-13-10-18(15-8-6-7-9-17-15)11-14(2)19(13)12-16(3,4)5;2*1-10-8-15(9-11(2)14(10)3)12-6-4-5-7-13-12;4*1-5(2,3)4/h9-11,15-16H,12-14H2,1-8H3;2*7-9,12-13H,10-11H2,1-6H3;2*6-9,13-14H,10-12H2,1-5H3;2*4-7,10-11H,8-9H2,1-3H3;4*1-4H3/t;12-,13+;;13-,14+;;10-,11+;;;;;. The SMILES string of the molecule is CC(C)(C)C.CC(C)(C)C.CC(C)(C)C.CC(C)(C)C.CC1CN(c2cc(C(C)(C)C)ccn2)CC(C)N1C.CC1CN(c2cc(C(C)(C)C)ccn2)CC(C)N1CC(C)(C)C.CC1CN(c2ccccn2)CC(C)N1C.CC1CN(c2ccccn2)CC(C)N1CC(C)(C)C.C[C@@H]1CN(c2cc(C(C)(C)C)ccn2)C[C@H](C)N1C.C[C@@H]1CN(c2ccccn2)C[C@H](C)N1C.C[C@@H]1CN(c2ccccn2)C[C@H](C)N1CC(C)(C)C. The highest BCUT2D eigenvalue weighted by Crippen LogP contribution is 2.35. The Morgan fingerprint density at radius 1 is 0.188 bits per heavy atom. The predicted octanol–water partition coefficient (Wildman–Crippen LogP) is 27.6. The molecule has 0 saturated carbocycles. The third-order valence-corrected chi connectivity index (χ3v) is 27.4. The Balaban J connectivity index is 0.000000351. The maximum atomic E-state index is 4.65. The first kappa shape index (κ1) is 134. The van der Waals surface area contributed by atoms with Gasteiger partial charge in [-0.25, -0.2) is 34.9 Å². The van der Waals surface area contributed by atoms with Gasteiger partial charge in [-0.3, -0.25) is 34.3 Å². The van der Waals surface area contributed by atoms with Gasteiger partial charge in [0.1, 0.15) is 40.7 Å². The van der Waals surface area contributed by atoms with Crippen molar-refractivity contribution in [2.75, 3.05) is 174 Å². The summed E-state index contributed by atoms with van der Waals surface area (Å²) in [7, 11) is 8.83. The van der Waals surface area contributed by atoms with E-state index in [1.807, 2.05) is 67.6 Å². The van der Waals surface area contributed by atoms with Crippen molar-refractivity contribution in [3.05, 3.63) is 169 Å². The molecule has 7 aliphatic rings. The van der Waals surface area contributed by atoms with Crippen LogP contribution in [0.4, 0.5) is 40.7 Å². The van der Waals surface area contributed by atoms with Gasteiger partial charge in [0.25, 0.3) is 0 Å². The largest absolute Gasteiger partial charge is 0.354 e. The molecular formula is C128H229N21. The summed E-state index contributed by atoms with van der Waals surface area (Å²) in [5.41, 5.74) is 7.67. The van der Waals surface area contributed by atoms with Crippen molar-refractivity contribution in [1.82, 2.24) is 69.2 Å². The monoisotopic (exact) mass is 2060 g/mol. The zero-order valence-corrected chi connectivity index (χ0v) is 106. The van der Waals surface area contributed by atoms with E-state index in [9.17, 15) is 0 Å². The van der Waals surface area contributed by atoms with Crippen molar-refractivity contribution in [3.8, 4) is 0 Å². The van der Waals surface area contributed by atoms with Crippen LogP contribution in [-0.4, -0.2) is 293 Å². The summed E-state index contributed by atoms with van der Waals surface area (Å²) in [6, 6.07) is 45.8. The van der Waals surface area contributed by atoms with Crippen LogP contribution >= 0.6 is 0 Å². The summed E-state index contributed by atoms with van der Waals surface area (Å²) >= 11 is 0. The molecule has 8 unspecified atom stereocenters. The number of hydrogen-bond donors (Lipinski definition) is 0. The normalized spacial score (nSPS) is 24.1. The average molecular weight is 2060 g/mol. The first-order valence-electron chi connectivity index (χ1n) is 57.1. The van der Waals surface area contributed by atoms with E-state index in [1.54, 1.807) is 0 Å². The van der Waals surface area contributed by atoms with E-state index in [4.69, 9.17) is 0 Å². The lowest BCUT2D eigenvalue weighted by Gasteiger charge is -2.47. The lowest BCUT2D eigenvalue weighted by atomic mass is 9.87. The van der Waals surface area contributed by atoms with E-state index < -0.39 is 0 Å². The van der Waals surface area contributed by atoms with Gasteiger partial charge in [-0.2, -0.15) is 0 Å². The van der Waals surface area contributed by atoms with Gasteiger partial charge in [0, 0.05) is 239 Å². The molecule has 149 heavy (non-hydrogen) atoms. The van der Waals surface area contributed by atoms with E-state index in [-0.39, 0.29) is 16.2 Å². The lowest BCUT2D eigenvalue weighted by Crippen LogP contribution is -2.58. The van der Waals surface area contributed by atoms with Gasteiger partial charge in [-0.05, 0) is 281 Å². The number of piperazine rings is 7. The highest BCUT2D eigenvalue weighted by Gasteiger charge is 2.39. The molecule has 21 nitrogen and oxygen atoms in total. The molecule has 7 saturated heterocycles. The highest BCUT2D eigenvalue weighted by molar-refractivity contribution is 5.48. The van der Waals surface area contributed by atoms with E-state index in [0.717, 1.165) is 152 Å². The Labute approximate surface area is 918 Å². The molecule has 21 heteroatoms. The highest BCUT2D eigenvalue weighted by atomic mass is 15.4. The molecular weight excluding hydrogens is 1830 g/mol. The molecule has 7 aromatic rings. The summed E-state index contributed by atoms with van der Waals surface area (Å²) in [5.74, 6) is 7.80. The summed E-state index contributed by atoms with van der Waals surface area (Å²) in [5, 5.41) is 0. The number of rotatable bonds is 10. The number of likely N-dealkylation sites (N-methyl/N-ethyl adjacent to an activating group) is 4. The number of nitrogens with zero attached hydrogens (tertiary/aromatic N) is 21. The van der Waals surface area contributed by atoms with Gasteiger partial charge in [-0.1, -0.05) is 260 Å². The molecule has 0 spiro atoms. The molecule has 0 amide bonds. The van der Waals surface area contributed by atoms with Gasteiger partial charge in [-0.15, -0.1) is 0 Å². The molecule has 0 bridgehead atoms. The smallest absolute Gasteiger partial charge is 0.128 e. The van der Waals surface area contributed by atoms with Crippen molar-refractivity contribution in [3.63, 3.8) is 0 Å². The molecule has 0 aromatic carbocycles. The number of aromatic nitrogens is 7. The van der Waals surface area contributed by atoms with Crippen LogP contribution in [0.5, 0.6) is 0 Å². The van der Waals surface area contributed by atoms with Crippen LogP contribution in [0.2, 0.25) is 0 Å². The minimum absolute atomic E-state index is 0.170. The van der Waals surface area contributed by atoms with E-state index >= 15 is 0 Å². The van der Waals surface area contributed by atoms with Crippen molar-refractivity contribution in [2.45, 2.75) is 433 Å². The molecule has 14 heterocycles. The second-order valence-corrected chi connectivity index (χ2v) is 58.3. The molecule has 0 aliphatic carbocycles. The number of pyridine rings is 7. The van der Waals surface area contributed by atoms with Crippen LogP contribution in [0, 0.1) is 37.9 Å². The summed E-state index contributed by atoms with van der Waals surface area (Å²) < 4.78 is 0. The third-order valence-electron chi connectivity index (χ3n) is 27.4. The van der Waals surface area contributed by atoms with Crippen molar-refractivity contribution in [1.29, 1.82) is 0 Å². The van der Waals surface area contributed by atoms with Crippen molar-refractivity contribution in [2.24, 2.45) is 37.9 Å². The Bertz CT molecular complexity index is 4410. The fourth-order valence-corrected chi connectivity index (χ4v) is 18.9. The van der Waals surface area contributed by atoms with Crippen LogP contribution in [-0.2, 0) is 16.2 Å². The third kappa shape index (κ3) is 52.0. The van der Waals surface area contributed by atoms with Gasteiger partial charge >= 0.3 is 0 Å². The molecule has 0 radical (unpaired) electrons. The fraction of sp³-hybridized carbons (Fsp3) is 0.727. The predicted molar refractivity (Wildman–Crippen MR) is 654 cm³/mol.